The van der Waals surface area contributed by atoms with Gasteiger partial charge in [-0.2, -0.15) is 0 Å². The van der Waals surface area contributed by atoms with Crippen molar-refractivity contribution in [2.24, 2.45) is 0 Å². The Bertz CT molecular complexity index is 519. The summed E-state index contributed by atoms with van der Waals surface area (Å²) in [4.78, 5) is 7.57. The molecule has 6 heteroatoms. The molecule has 2 nitrogen and oxygen atoms in total. The predicted molar refractivity (Wildman–Crippen MR) is 95.1 cm³/mol. The van der Waals surface area contributed by atoms with Gasteiger partial charge in [0.2, 0.25) is 0 Å². The fourth-order valence-corrected chi connectivity index (χ4v) is 5.17. The zero-order valence-corrected chi connectivity index (χ0v) is 14.5. The zero-order chi connectivity index (χ0) is 14.2. The summed E-state index contributed by atoms with van der Waals surface area (Å²) in [7, 11) is 0. The van der Waals surface area contributed by atoms with Crippen LogP contribution in [0, 0.1) is 0 Å². The fourth-order valence-electron chi connectivity index (χ4n) is 1.98. The number of rotatable bonds is 3. The van der Waals surface area contributed by atoms with Gasteiger partial charge in [-0.05, 0) is 20.8 Å². The standard InChI is InChI=1S/C13H16N2S4/c1-5-7-15-11(16)10(19-13(15)17)12-14(6-2)8(3)9(4)18-12/h5H,1,6-7H2,2-4H3. The monoisotopic (exact) mass is 328 g/mol. The summed E-state index contributed by atoms with van der Waals surface area (Å²) in [6.07, 6.45) is 1.83. The molecule has 2 aliphatic rings. The van der Waals surface area contributed by atoms with Gasteiger partial charge in [-0.25, -0.2) is 0 Å². The normalized spacial score (nSPS) is 23.9. The number of hydrogen-bond donors (Lipinski definition) is 0. The average Bonchev–Trinajstić information content (AvgIpc) is 2.81. The molecule has 0 aliphatic carbocycles. The van der Waals surface area contributed by atoms with E-state index >= 15 is 0 Å². The van der Waals surface area contributed by atoms with E-state index in [0.717, 1.165) is 20.8 Å². The van der Waals surface area contributed by atoms with Gasteiger partial charge < -0.3 is 9.80 Å². The Balaban J connectivity index is 2.37. The van der Waals surface area contributed by atoms with E-state index in [1.165, 1.54) is 15.6 Å². The topological polar surface area (TPSA) is 6.48 Å². The minimum absolute atomic E-state index is 0.684. The predicted octanol–water partition coefficient (Wildman–Crippen LogP) is 4.32. The van der Waals surface area contributed by atoms with Gasteiger partial charge in [0.1, 0.15) is 9.31 Å². The lowest BCUT2D eigenvalue weighted by molar-refractivity contribution is 0.486. The van der Waals surface area contributed by atoms with Crippen LogP contribution in [0.2, 0.25) is 0 Å². The van der Waals surface area contributed by atoms with Crippen LogP contribution < -0.4 is 0 Å². The Morgan fingerprint density at radius 3 is 2.47 bits per heavy atom. The van der Waals surface area contributed by atoms with E-state index in [2.05, 4.69) is 32.3 Å². The quantitative estimate of drug-likeness (QED) is 0.429. The number of thioether (sulfide) groups is 2. The molecule has 0 N–H and O–H groups in total. The lowest BCUT2D eigenvalue weighted by atomic mass is 10.4. The van der Waals surface area contributed by atoms with E-state index in [1.54, 1.807) is 23.5 Å². The van der Waals surface area contributed by atoms with Crippen LogP contribution in [0.5, 0.6) is 0 Å². The number of thiocarbonyl (C=S) groups is 2. The van der Waals surface area contributed by atoms with E-state index in [-0.39, 0.29) is 0 Å². The number of nitrogens with zero attached hydrogens (tertiary/aromatic N) is 2. The summed E-state index contributed by atoms with van der Waals surface area (Å²) in [5, 5.41) is 1.22. The van der Waals surface area contributed by atoms with Gasteiger partial charge in [-0.15, -0.1) is 6.58 Å². The molecule has 0 aromatic carbocycles. The van der Waals surface area contributed by atoms with Gasteiger partial charge in [0.05, 0.1) is 9.93 Å². The van der Waals surface area contributed by atoms with Crippen molar-refractivity contribution in [3.63, 3.8) is 0 Å². The minimum atomic E-state index is 0.684. The lowest BCUT2D eigenvalue weighted by Crippen LogP contribution is -2.27. The van der Waals surface area contributed by atoms with Crippen molar-refractivity contribution >= 4 is 57.3 Å². The van der Waals surface area contributed by atoms with Gasteiger partial charge >= 0.3 is 0 Å². The Morgan fingerprint density at radius 2 is 1.89 bits per heavy atom. The summed E-state index contributed by atoms with van der Waals surface area (Å²) in [5.41, 5.74) is 1.31. The molecule has 0 aromatic heterocycles. The third-order valence-corrected chi connectivity index (χ3v) is 6.44. The first kappa shape index (κ1) is 15.1. The molecule has 2 rings (SSSR count). The highest BCUT2D eigenvalue weighted by atomic mass is 32.2. The highest BCUT2D eigenvalue weighted by molar-refractivity contribution is 8.27. The van der Waals surface area contributed by atoms with Crippen LogP contribution in [-0.2, 0) is 0 Å². The van der Waals surface area contributed by atoms with Crippen molar-refractivity contribution in [2.75, 3.05) is 13.1 Å². The van der Waals surface area contributed by atoms with Gasteiger partial charge in [0.15, 0.2) is 0 Å². The van der Waals surface area contributed by atoms with Gasteiger partial charge in [0.25, 0.3) is 0 Å². The first-order valence-corrected chi connectivity index (χ1v) is 8.47. The van der Waals surface area contributed by atoms with Crippen LogP contribution in [0.1, 0.15) is 20.8 Å². The fraction of sp³-hybridized carbons (Fsp3) is 0.385. The molecule has 0 saturated carbocycles. The first-order chi connectivity index (χ1) is 9.01. The molecule has 0 amide bonds. The molecule has 1 saturated heterocycles. The number of allylic oxidation sites excluding steroid dienone is 2. The lowest BCUT2D eigenvalue weighted by Gasteiger charge is -2.21. The second kappa shape index (κ2) is 5.99. The molecule has 102 valence electrons. The molecule has 1 fully saturated rings. The zero-order valence-electron chi connectivity index (χ0n) is 11.2. The second-order valence-corrected chi connectivity index (χ2v) is 7.43. The molecule has 2 aliphatic heterocycles. The van der Waals surface area contributed by atoms with Crippen molar-refractivity contribution in [3.05, 3.63) is 33.2 Å². The molecule has 0 unspecified atom stereocenters. The third-order valence-electron chi connectivity index (χ3n) is 3.08. The van der Waals surface area contributed by atoms with Crippen LogP contribution in [0.4, 0.5) is 0 Å². The smallest absolute Gasteiger partial charge is 0.146 e. The SMILES string of the molecule is C=CCN1C(=S)SC(=C2SC(C)=C(C)N2CC)C1=S. The minimum Gasteiger partial charge on any atom is -0.338 e. The second-order valence-electron chi connectivity index (χ2n) is 4.19. The number of hydrogen-bond acceptors (Lipinski definition) is 5. The molecule has 19 heavy (non-hydrogen) atoms. The molecule has 0 radical (unpaired) electrons. The van der Waals surface area contributed by atoms with Crippen molar-refractivity contribution in [1.29, 1.82) is 0 Å². The van der Waals surface area contributed by atoms with E-state index in [0.29, 0.717) is 6.54 Å². The van der Waals surface area contributed by atoms with Gasteiger partial charge in [0, 0.05) is 23.7 Å². The molecule has 0 aromatic rings. The maximum Gasteiger partial charge on any atom is 0.146 e. The summed E-state index contributed by atoms with van der Waals surface area (Å²) in [6, 6.07) is 0. The molecule has 2 heterocycles. The molecule has 0 bridgehead atoms. The van der Waals surface area contributed by atoms with Crippen molar-refractivity contribution in [2.45, 2.75) is 20.8 Å². The van der Waals surface area contributed by atoms with Crippen molar-refractivity contribution < 1.29 is 0 Å². The molecular formula is C13H16N2S4. The van der Waals surface area contributed by atoms with Crippen LogP contribution in [0.3, 0.4) is 0 Å². The van der Waals surface area contributed by atoms with E-state index in [9.17, 15) is 0 Å². The Hall–Kier alpha value is -0.300. The van der Waals surface area contributed by atoms with E-state index < -0.39 is 0 Å². The summed E-state index contributed by atoms with van der Waals surface area (Å²) >= 11 is 14.4. The van der Waals surface area contributed by atoms with Crippen LogP contribution >= 0.6 is 48.0 Å². The Morgan fingerprint density at radius 1 is 1.21 bits per heavy atom. The average molecular weight is 329 g/mol. The van der Waals surface area contributed by atoms with Crippen molar-refractivity contribution in [3.8, 4) is 0 Å². The highest BCUT2D eigenvalue weighted by Crippen LogP contribution is 2.47. The van der Waals surface area contributed by atoms with Crippen LogP contribution in [-0.4, -0.2) is 32.2 Å². The summed E-state index contributed by atoms with van der Waals surface area (Å²) < 4.78 is 0.825. The maximum atomic E-state index is 5.57. The maximum absolute atomic E-state index is 5.57. The van der Waals surface area contributed by atoms with Crippen LogP contribution in [0.15, 0.2) is 33.2 Å². The van der Waals surface area contributed by atoms with Gasteiger partial charge in [-0.1, -0.05) is 54.0 Å². The summed E-state index contributed by atoms with van der Waals surface area (Å²) in [5.74, 6) is 0. The third kappa shape index (κ3) is 2.63. The first-order valence-electron chi connectivity index (χ1n) is 6.03. The largest absolute Gasteiger partial charge is 0.338 e. The molecule has 0 atom stereocenters. The van der Waals surface area contributed by atoms with Gasteiger partial charge in [-0.3, -0.25) is 0 Å². The van der Waals surface area contributed by atoms with Crippen molar-refractivity contribution in [1.82, 2.24) is 9.80 Å². The molecule has 0 spiro atoms. The van der Waals surface area contributed by atoms with Crippen LogP contribution in [0.25, 0.3) is 0 Å². The Labute approximate surface area is 134 Å². The van der Waals surface area contributed by atoms with E-state index in [4.69, 9.17) is 24.4 Å². The van der Waals surface area contributed by atoms with E-state index in [1.807, 2.05) is 11.0 Å². The molecular weight excluding hydrogens is 312 g/mol. The highest BCUT2D eigenvalue weighted by Gasteiger charge is 2.34. The summed E-state index contributed by atoms with van der Waals surface area (Å²) in [6.45, 7) is 11.9. The Kier molecular flexibility index (Phi) is 4.76.